The van der Waals surface area contributed by atoms with E-state index in [1.54, 1.807) is 0 Å². The standard InChI is InChI=1S/C16H24N2O2/c1-11(2)15-14(12(3)18-20-15)16(19)17-10-9-13-7-5-4-6-8-13/h7,11H,4-6,8-10H2,1-3H3,(H,17,19). The first-order valence-electron chi connectivity index (χ1n) is 7.52. The first kappa shape index (κ1) is 14.8. The molecule has 1 amide bonds. The number of carbonyl (C=O) groups is 1. The highest BCUT2D eigenvalue weighted by Gasteiger charge is 2.22. The van der Waals surface area contributed by atoms with Crippen molar-refractivity contribution in [2.75, 3.05) is 6.54 Å². The van der Waals surface area contributed by atoms with Gasteiger partial charge in [-0.15, -0.1) is 0 Å². The van der Waals surface area contributed by atoms with E-state index in [4.69, 9.17) is 4.52 Å². The molecule has 1 aromatic rings. The zero-order valence-electron chi connectivity index (χ0n) is 12.7. The quantitative estimate of drug-likeness (QED) is 0.834. The van der Waals surface area contributed by atoms with Crippen molar-refractivity contribution in [2.45, 2.75) is 58.8 Å². The van der Waals surface area contributed by atoms with Crippen LogP contribution in [0.4, 0.5) is 0 Å². The Morgan fingerprint density at radius 3 is 2.90 bits per heavy atom. The van der Waals surface area contributed by atoms with Crippen molar-refractivity contribution >= 4 is 5.91 Å². The summed E-state index contributed by atoms with van der Waals surface area (Å²) in [6.07, 6.45) is 8.22. The number of nitrogens with zero attached hydrogens (tertiary/aromatic N) is 1. The number of aromatic nitrogens is 1. The Balaban J connectivity index is 1.92. The molecule has 1 aliphatic rings. The summed E-state index contributed by atoms with van der Waals surface area (Å²) in [5, 5.41) is 6.90. The Morgan fingerprint density at radius 1 is 1.45 bits per heavy atom. The van der Waals surface area contributed by atoms with E-state index in [2.05, 4.69) is 16.5 Å². The topological polar surface area (TPSA) is 55.1 Å². The van der Waals surface area contributed by atoms with Gasteiger partial charge in [-0.25, -0.2) is 0 Å². The van der Waals surface area contributed by atoms with Crippen LogP contribution >= 0.6 is 0 Å². The van der Waals surface area contributed by atoms with Gasteiger partial charge >= 0.3 is 0 Å². The molecule has 1 aliphatic carbocycles. The van der Waals surface area contributed by atoms with Crippen LogP contribution in [0.15, 0.2) is 16.2 Å². The monoisotopic (exact) mass is 276 g/mol. The number of carbonyl (C=O) groups excluding carboxylic acids is 1. The third-order valence-corrected chi connectivity index (χ3v) is 3.76. The largest absolute Gasteiger partial charge is 0.360 e. The average Bonchev–Trinajstić information content (AvgIpc) is 2.82. The van der Waals surface area contributed by atoms with Crippen molar-refractivity contribution in [1.82, 2.24) is 10.5 Å². The van der Waals surface area contributed by atoms with Crippen molar-refractivity contribution < 1.29 is 9.32 Å². The molecule has 0 saturated heterocycles. The summed E-state index contributed by atoms with van der Waals surface area (Å²) in [4.78, 5) is 12.3. The highest BCUT2D eigenvalue weighted by atomic mass is 16.5. The van der Waals surface area contributed by atoms with Crippen LogP contribution < -0.4 is 5.32 Å². The molecule has 0 atom stereocenters. The third-order valence-electron chi connectivity index (χ3n) is 3.76. The summed E-state index contributed by atoms with van der Waals surface area (Å²) in [5.41, 5.74) is 2.75. The number of nitrogens with one attached hydrogen (secondary N) is 1. The molecule has 0 bridgehead atoms. The molecule has 0 fully saturated rings. The average molecular weight is 276 g/mol. The van der Waals surface area contributed by atoms with Gasteiger partial charge in [-0.1, -0.05) is 30.7 Å². The summed E-state index contributed by atoms with van der Waals surface area (Å²) in [6.45, 7) is 6.51. The maximum atomic E-state index is 12.3. The van der Waals surface area contributed by atoms with Gasteiger partial charge < -0.3 is 9.84 Å². The molecule has 0 aliphatic heterocycles. The van der Waals surface area contributed by atoms with Crippen molar-refractivity contribution in [1.29, 1.82) is 0 Å². The van der Waals surface area contributed by atoms with E-state index >= 15 is 0 Å². The van der Waals surface area contributed by atoms with Gasteiger partial charge in [0.25, 0.3) is 5.91 Å². The number of aryl methyl sites for hydroxylation is 1. The van der Waals surface area contributed by atoms with Gasteiger partial charge in [0.15, 0.2) is 5.76 Å². The number of hydrogen-bond donors (Lipinski definition) is 1. The van der Waals surface area contributed by atoms with Crippen molar-refractivity contribution in [2.24, 2.45) is 0 Å². The van der Waals surface area contributed by atoms with Gasteiger partial charge in [-0.2, -0.15) is 0 Å². The normalized spacial score (nSPS) is 15.3. The second-order valence-corrected chi connectivity index (χ2v) is 5.78. The fourth-order valence-corrected chi connectivity index (χ4v) is 2.61. The second kappa shape index (κ2) is 6.73. The smallest absolute Gasteiger partial charge is 0.256 e. The molecule has 0 unspecified atom stereocenters. The summed E-state index contributed by atoms with van der Waals surface area (Å²) < 4.78 is 5.25. The van der Waals surface area contributed by atoms with Gasteiger partial charge in [0, 0.05) is 12.5 Å². The fourth-order valence-electron chi connectivity index (χ4n) is 2.61. The van der Waals surface area contributed by atoms with Gasteiger partial charge in [-0.05, 0) is 39.0 Å². The molecule has 0 aromatic carbocycles. The molecule has 4 heteroatoms. The van der Waals surface area contributed by atoms with Gasteiger partial charge in [0.1, 0.15) is 5.56 Å². The van der Waals surface area contributed by atoms with Crippen molar-refractivity contribution in [3.05, 3.63) is 28.7 Å². The molecule has 1 heterocycles. The predicted molar refractivity (Wildman–Crippen MR) is 78.8 cm³/mol. The molecule has 0 saturated carbocycles. The van der Waals surface area contributed by atoms with Crippen molar-refractivity contribution in [3.63, 3.8) is 0 Å². The van der Waals surface area contributed by atoms with Crippen molar-refractivity contribution in [3.8, 4) is 0 Å². The van der Waals surface area contributed by atoms with Gasteiger partial charge in [-0.3, -0.25) is 4.79 Å². The van der Waals surface area contributed by atoms with Crippen LogP contribution in [0.1, 0.15) is 73.7 Å². The first-order chi connectivity index (χ1) is 9.59. The molecular weight excluding hydrogens is 252 g/mol. The van der Waals surface area contributed by atoms with Crippen LogP contribution in [0.5, 0.6) is 0 Å². The Bertz CT molecular complexity index is 501. The molecule has 20 heavy (non-hydrogen) atoms. The highest BCUT2D eigenvalue weighted by Crippen LogP contribution is 2.22. The molecule has 1 N–H and O–H groups in total. The highest BCUT2D eigenvalue weighted by molar-refractivity contribution is 5.96. The van der Waals surface area contributed by atoms with Crippen LogP contribution in [0.25, 0.3) is 0 Å². The van der Waals surface area contributed by atoms with E-state index in [9.17, 15) is 4.79 Å². The zero-order valence-corrected chi connectivity index (χ0v) is 12.7. The van der Waals surface area contributed by atoms with E-state index < -0.39 is 0 Å². The van der Waals surface area contributed by atoms with E-state index in [1.165, 1.54) is 31.3 Å². The number of amides is 1. The minimum absolute atomic E-state index is 0.0659. The van der Waals surface area contributed by atoms with Crippen LogP contribution in [-0.4, -0.2) is 17.6 Å². The minimum Gasteiger partial charge on any atom is -0.360 e. The summed E-state index contributed by atoms with van der Waals surface area (Å²) in [7, 11) is 0. The number of allylic oxidation sites excluding steroid dienone is 1. The summed E-state index contributed by atoms with van der Waals surface area (Å²) in [5.74, 6) is 0.777. The van der Waals surface area contributed by atoms with Crippen LogP contribution in [0.3, 0.4) is 0 Å². The Kier molecular flexibility index (Phi) is 4.99. The summed E-state index contributed by atoms with van der Waals surface area (Å²) in [6, 6.07) is 0. The van der Waals surface area contributed by atoms with E-state index in [1.807, 2.05) is 20.8 Å². The van der Waals surface area contributed by atoms with Crippen LogP contribution in [0, 0.1) is 6.92 Å². The SMILES string of the molecule is Cc1noc(C(C)C)c1C(=O)NCCC1=CCCCC1. The maximum Gasteiger partial charge on any atom is 0.256 e. The number of rotatable bonds is 5. The van der Waals surface area contributed by atoms with Gasteiger partial charge in [0.2, 0.25) is 0 Å². The molecule has 4 nitrogen and oxygen atoms in total. The van der Waals surface area contributed by atoms with Crippen LogP contribution in [-0.2, 0) is 0 Å². The zero-order chi connectivity index (χ0) is 14.5. The number of hydrogen-bond acceptors (Lipinski definition) is 3. The minimum atomic E-state index is -0.0659. The lowest BCUT2D eigenvalue weighted by atomic mass is 9.97. The Morgan fingerprint density at radius 2 is 2.25 bits per heavy atom. The third kappa shape index (κ3) is 3.50. The molecule has 0 radical (unpaired) electrons. The summed E-state index contributed by atoms with van der Waals surface area (Å²) >= 11 is 0. The molecule has 2 rings (SSSR count). The molecule has 0 spiro atoms. The first-order valence-corrected chi connectivity index (χ1v) is 7.52. The molecule has 110 valence electrons. The fraction of sp³-hybridized carbons (Fsp3) is 0.625. The maximum absolute atomic E-state index is 12.3. The predicted octanol–water partition coefficient (Wildman–Crippen LogP) is 3.73. The lowest BCUT2D eigenvalue weighted by Gasteiger charge is -2.13. The Labute approximate surface area is 120 Å². The van der Waals surface area contributed by atoms with Gasteiger partial charge in [0.05, 0.1) is 5.69 Å². The van der Waals surface area contributed by atoms with Crippen LogP contribution in [0.2, 0.25) is 0 Å². The lowest BCUT2D eigenvalue weighted by molar-refractivity contribution is 0.0951. The molecular formula is C16H24N2O2. The molecule has 1 aromatic heterocycles. The Hall–Kier alpha value is -1.58. The second-order valence-electron chi connectivity index (χ2n) is 5.78. The lowest BCUT2D eigenvalue weighted by Crippen LogP contribution is -2.26. The van der Waals surface area contributed by atoms with E-state index in [0.29, 0.717) is 23.6 Å². The van der Waals surface area contributed by atoms with E-state index in [0.717, 1.165) is 6.42 Å². The van der Waals surface area contributed by atoms with E-state index in [-0.39, 0.29) is 11.8 Å².